The van der Waals surface area contributed by atoms with Crippen LogP contribution >= 0.6 is 0 Å². The molecule has 3 nitrogen and oxygen atoms in total. The van der Waals surface area contributed by atoms with Gasteiger partial charge in [0.25, 0.3) is 0 Å². The molecule has 0 saturated heterocycles. The molecule has 0 amide bonds. The molecule has 3 heteroatoms. The van der Waals surface area contributed by atoms with E-state index in [2.05, 4.69) is 20.8 Å². The lowest BCUT2D eigenvalue weighted by Crippen LogP contribution is -2.64. The van der Waals surface area contributed by atoms with Crippen molar-refractivity contribution in [1.29, 1.82) is 0 Å². The molecule has 4 aliphatic rings. The van der Waals surface area contributed by atoms with E-state index in [0.29, 0.717) is 48.7 Å². The molecule has 2 N–H and O–H groups in total. The summed E-state index contributed by atoms with van der Waals surface area (Å²) >= 11 is 0. The highest BCUT2D eigenvalue weighted by Crippen LogP contribution is 2.69. The lowest BCUT2D eigenvalue weighted by Gasteiger charge is -2.64. The van der Waals surface area contributed by atoms with Crippen LogP contribution in [0.25, 0.3) is 0 Å². The van der Waals surface area contributed by atoms with E-state index < -0.39 is 5.79 Å². The lowest BCUT2D eigenvalue weighted by molar-refractivity contribution is -0.311. The molecule has 1 unspecified atom stereocenters. The maximum Gasteiger partial charge on any atom is 0.166 e. The average molecular weight is 335 g/mol. The van der Waals surface area contributed by atoms with Gasteiger partial charge in [-0.05, 0) is 66.6 Å². The predicted octanol–water partition coefficient (Wildman–Crippen LogP) is 3.92. The van der Waals surface area contributed by atoms with Gasteiger partial charge in [-0.3, -0.25) is 4.79 Å². The topological polar surface area (TPSA) is 57.5 Å². The molecule has 4 rings (SSSR count). The summed E-state index contributed by atoms with van der Waals surface area (Å²) in [4.78, 5) is 12.0. The van der Waals surface area contributed by atoms with Crippen LogP contribution in [0.15, 0.2) is 0 Å². The maximum absolute atomic E-state index is 12.0. The molecule has 0 aliphatic heterocycles. The first-order chi connectivity index (χ1) is 11.2. The minimum absolute atomic E-state index is 0.0504. The molecule has 24 heavy (non-hydrogen) atoms. The minimum atomic E-state index is -1.57. The Balaban J connectivity index is 1.73. The number of fused-ring (bicyclic) bond motifs is 5. The first kappa shape index (κ1) is 17.0. The molecular weight excluding hydrogens is 300 g/mol. The monoisotopic (exact) mass is 334 g/mol. The van der Waals surface area contributed by atoms with Crippen LogP contribution < -0.4 is 0 Å². The summed E-state index contributed by atoms with van der Waals surface area (Å²) in [6.45, 7) is 6.85. The van der Waals surface area contributed by atoms with Crippen molar-refractivity contribution in [3.8, 4) is 0 Å². The minimum Gasteiger partial charge on any atom is -0.365 e. The van der Waals surface area contributed by atoms with Crippen molar-refractivity contribution in [1.82, 2.24) is 0 Å². The molecule has 0 heterocycles. The van der Waals surface area contributed by atoms with Crippen LogP contribution in [0.5, 0.6) is 0 Å². The van der Waals surface area contributed by atoms with Gasteiger partial charge in [-0.15, -0.1) is 0 Å². The Morgan fingerprint density at radius 2 is 1.83 bits per heavy atom. The fraction of sp³-hybridized carbons (Fsp3) is 0.952. The molecule has 136 valence electrons. The zero-order chi connectivity index (χ0) is 17.3. The molecular formula is C21H34O3. The molecule has 0 radical (unpaired) electrons. The van der Waals surface area contributed by atoms with Crippen LogP contribution in [0.1, 0.15) is 78.6 Å². The Kier molecular flexibility index (Phi) is 3.76. The summed E-state index contributed by atoms with van der Waals surface area (Å²) in [6, 6.07) is 0. The summed E-state index contributed by atoms with van der Waals surface area (Å²) < 4.78 is 0. The second-order valence-corrected chi connectivity index (χ2v) is 10.0. The highest BCUT2D eigenvalue weighted by Gasteiger charge is 2.67. The molecule has 4 aliphatic carbocycles. The smallest absolute Gasteiger partial charge is 0.166 e. The second kappa shape index (κ2) is 5.30. The van der Waals surface area contributed by atoms with E-state index in [9.17, 15) is 15.0 Å². The third-order valence-electron chi connectivity index (χ3n) is 9.09. The SMILES string of the molecule is CC[C@H]1CC[C@H]2[C@@H]3CCC4CC(=O)CC[C@]4(C)[C@H]3C(O)(O)C[C@]12C. The normalized spacial score (nSPS) is 53.2. The van der Waals surface area contributed by atoms with Gasteiger partial charge >= 0.3 is 0 Å². The first-order valence-corrected chi connectivity index (χ1v) is 10.2. The number of hydrogen-bond donors (Lipinski definition) is 2. The Morgan fingerprint density at radius 1 is 1.08 bits per heavy atom. The molecule has 0 aromatic heterocycles. The van der Waals surface area contributed by atoms with E-state index in [0.717, 1.165) is 25.7 Å². The van der Waals surface area contributed by atoms with Crippen molar-refractivity contribution in [3.05, 3.63) is 0 Å². The first-order valence-electron chi connectivity index (χ1n) is 10.2. The Labute approximate surface area is 146 Å². The number of hydrogen-bond acceptors (Lipinski definition) is 3. The van der Waals surface area contributed by atoms with Crippen LogP contribution in [0.2, 0.25) is 0 Å². The fourth-order valence-corrected chi connectivity index (χ4v) is 8.08. The van der Waals surface area contributed by atoms with Crippen LogP contribution in [0.3, 0.4) is 0 Å². The number of aliphatic hydroxyl groups is 2. The van der Waals surface area contributed by atoms with Crippen LogP contribution in [-0.4, -0.2) is 21.8 Å². The molecule has 4 saturated carbocycles. The summed E-state index contributed by atoms with van der Waals surface area (Å²) in [5, 5.41) is 22.5. The third kappa shape index (κ3) is 2.13. The Hall–Kier alpha value is -0.410. The largest absolute Gasteiger partial charge is 0.365 e. The Morgan fingerprint density at radius 3 is 2.54 bits per heavy atom. The number of carbonyl (C=O) groups excluding carboxylic acids is 1. The quantitative estimate of drug-likeness (QED) is 0.715. The molecule has 0 spiro atoms. The number of rotatable bonds is 1. The van der Waals surface area contributed by atoms with Crippen molar-refractivity contribution in [3.63, 3.8) is 0 Å². The van der Waals surface area contributed by atoms with Crippen molar-refractivity contribution < 1.29 is 15.0 Å². The van der Waals surface area contributed by atoms with Gasteiger partial charge in [-0.2, -0.15) is 0 Å². The number of carbonyl (C=O) groups is 1. The van der Waals surface area contributed by atoms with Crippen molar-refractivity contribution in [2.75, 3.05) is 0 Å². The summed E-state index contributed by atoms with van der Waals surface area (Å²) in [7, 11) is 0. The van der Waals surface area contributed by atoms with Gasteiger partial charge in [0.05, 0.1) is 0 Å². The van der Waals surface area contributed by atoms with Gasteiger partial charge < -0.3 is 10.2 Å². The maximum atomic E-state index is 12.0. The average Bonchev–Trinajstić information content (AvgIpc) is 2.82. The van der Waals surface area contributed by atoms with E-state index in [1.165, 1.54) is 12.8 Å². The zero-order valence-corrected chi connectivity index (χ0v) is 15.6. The highest BCUT2D eigenvalue weighted by atomic mass is 16.5. The van der Waals surface area contributed by atoms with Crippen LogP contribution in [0, 0.1) is 40.4 Å². The van der Waals surface area contributed by atoms with E-state index >= 15 is 0 Å². The third-order valence-corrected chi connectivity index (χ3v) is 9.09. The molecule has 7 atom stereocenters. The highest BCUT2D eigenvalue weighted by molar-refractivity contribution is 5.79. The van der Waals surface area contributed by atoms with Gasteiger partial charge in [0.2, 0.25) is 0 Å². The van der Waals surface area contributed by atoms with E-state index in [4.69, 9.17) is 0 Å². The van der Waals surface area contributed by atoms with Gasteiger partial charge in [0.1, 0.15) is 5.78 Å². The molecule has 0 aromatic carbocycles. The molecule has 0 bridgehead atoms. The fourth-order valence-electron chi connectivity index (χ4n) is 8.08. The van der Waals surface area contributed by atoms with Crippen molar-refractivity contribution in [2.45, 2.75) is 84.3 Å². The summed E-state index contributed by atoms with van der Waals surface area (Å²) in [6.07, 6.45) is 8.50. The number of ketones is 1. The van der Waals surface area contributed by atoms with Gasteiger partial charge in [0.15, 0.2) is 5.79 Å². The Bertz CT molecular complexity index is 541. The lowest BCUT2D eigenvalue weighted by atomic mass is 9.43. The standard InChI is InChI=1S/C21H34O3/c1-4-13-6-8-17-16-7-5-14-11-15(22)9-10-19(14,2)18(16)21(23,24)12-20(13,17)3/h13-14,16-18,23-24H,4-12H2,1-3H3/t13-,14?,16-,17-,18-,19-,20+/m0/s1. The molecule has 0 aromatic rings. The summed E-state index contributed by atoms with van der Waals surface area (Å²) in [5.41, 5.74) is -0.000935. The predicted molar refractivity (Wildman–Crippen MR) is 93.1 cm³/mol. The van der Waals surface area contributed by atoms with Crippen LogP contribution in [0.4, 0.5) is 0 Å². The van der Waals surface area contributed by atoms with Crippen molar-refractivity contribution >= 4 is 5.78 Å². The van der Waals surface area contributed by atoms with Crippen molar-refractivity contribution in [2.24, 2.45) is 40.4 Å². The van der Waals surface area contributed by atoms with Gasteiger partial charge in [0, 0.05) is 25.2 Å². The zero-order valence-electron chi connectivity index (χ0n) is 15.6. The van der Waals surface area contributed by atoms with Crippen LogP contribution in [-0.2, 0) is 4.79 Å². The van der Waals surface area contributed by atoms with Gasteiger partial charge in [-0.1, -0.05) is 27.2 Å². The molecule has 4 fully saturated rings. The van der Waals surface area contributed by atoms with Gasteiger partial charge in [-0.25, -0.2) is 0 Å². The van der Waals surface area contributed by atoms with E-state index in [-0.39, 0.29) is 16.7 Å². The summed E-state index contributed by atoms with van der Waals surface area (Å²) in [5.74, 6) is 0.795. The van der Waals surface area contributed by atoms with E-state index in [1.807, 2.05) is 0 Å². The number of Topliss-reactive ketones (excluding diaryl/α,β-unsaturated/α-hetero) is 1. The van der Waals surface area contributed by atoms with E-state index in [1.54, 1.807) is 0 Å². The second-order valence-electron chi connectivity index (χ2n) is 10.0.